The van der Waals surface area contributed by atoms with E-state index < -0.39 is 5.97 Å². The molecular formula is C17H13N3O4S2. The molecule has 1 aromatic carbocycles. The van der Waals surface area contributed by atoms with Gasteiger partial charge in [0.1, 0.15) is 11.2 Å². The van der Waals surface area contributed by atoms with E-state index in [0.717, 1.165) is 22.4 Å². The van der Waals surface area contributed by atoms with E-state index in [1.165, 1.54) is 11.3 Å². The second kappa shape index (κ2) is 6.43. The number of methoxy groups -OCH3 is 2. The Morgan fingerprint density at radius 2 is 2.00 bits per heavy atom. The molecule has 0 saturated carbocycles. The van der Waals surface area contributed by atoms with Gasteiger partial charge in [0.25, 0.3) is 0 Å². The van der Waals surface area contributed by atoms with Gasteiger partial charge in [0, 0.05) is 23.1 Å². The molecule has 0 aliphatic rings. The van der Waals surface area contributed by atoms with Crippen LogP contribution in [0.25, 0.3) is 27.4 Å². The van der Waals surface area contributed by atoms with Crippen LogP contribution >= 0.6 is 22.7 Å². The number of carboxylic acids is 1. The van der Waals surface area contributed by atoms with Crippen molar-refractivity contribution in [2.45, 2.75) is 0 Å². The van der Waals surface area contributed by atoms with E-state index in [0.29, 0.717) is 27.8 Å². The number of hydrogen-bond donors (Lipinski definition) is 1. The van der Waals surface area contributed by atoms with Crippen molar-refractivity contribution in [3.63, 3.8) is 0 Å². The van der Waals surface area contributed by atoms with Crippen LogP contribution in [0.1, 0.15) is 9.67 Å². The van der Waals surface area contributed by atoms with Crippen molar-refractivity contribution in [1.82, 2.24) is 14.5 Å². The van der Waals surface area contributed by atoms with Gasteiger partial charge in [0.2, 0.25) is 0 Å². The zero-order chi connectivity index (χ0) is 18.3. The van der Waals surface area contributed by atoms with Crippen LogP contribution in [0, 0.1) is 0 Å². The number of nitrogens with zero attached hydrogens (tertiary/aromatic N) is 3. The van der Waals surface area contributed by atoms with E-state index in [2.05, 4.69) is 9.97 Å². The molecule has 3 aromatic heterocycles. The lowest BCUT2D eigenvalue weighted by molar-refractivity contribution is 0.0702. The molecule has 9 heteroatoms. The maximum atomic E-state index is 11.7. The van der Waals surface area contributed by atoms with E-state index in [9.17, 15) is 9.90 Å². The second-order valence-electron chi connectivity index (χ2n) is 5.30. The smallest absolute Gasteiger partial charge is 0.348 e. The Morgan fingerprint density at radius 3 is 2.65 bits per heavy atom. The van der Waals surface area contributed by atoms with Crippen molar-refractivity contribution in [3.05, 3.63) is 40.2 Å². The summed E-state index contributed by atoms with van der Waals surface area (Å²) in [6.07, 6.45) is 1.62. The number of fused-ring (bicyclic) bond motifs is 1. The number of ether oxygens (including phenoxy) is 2. The van der Waals surface area contributed by atoms with Crippen LogP contribution in [-0.2, 0) is 0 Å². The fourth-order valence-electron chi connectivity index (χ4n) is 2.64. The largest absolute Gasteiger partial charge is 0.493 e. The number of thiophene rings is 1. The van der Waals surface area contributed by atoms with Gasteiger partial charge in [-0.05, 0) is 11.4 Å². The molecular weight excluding hydrogens is 374 g/mol. The third-order valence-electron chi connectivity index (χ3n) is 3.86. The quantitative estimate of drug-likeness (QED) is 0.558. The topological polar surface area (TPSA) is 86.5 Å². The first-order chi connectivity index (χ1) is 12.6. The average molecular weight is 387 g/mol. The molecule has 132 valence electrons. The first kappa shape index (κ1) is 16.6. The van der Waals surface area contributed by atoms with Crippen LogP contribution in [0.15, 0.2) is 35.3 Å². The first-order valence-electron chi connectivity index (χ1n) is 7.48. The predicted molar refractivity (Wildman–Crippen MR) is 100 cm³/mol. The molecule has 7 nitrogen and oxygen atoms in total. The van der Waals surface area contributed by atoms with Gasteiger partial charge < -0.3 is 14.6 Å². The van der Waals surface area contributed by atoms with Gasteiger partial charge in [-0.3, -0.25) is 4.57 Å². The summed E-state index contributed by atoms with van der Waals surface area (Å²) in [6, 6.07) is 5.43. The van der Waals surface area contributed by atoms with E-state index in [1.807, 2.05) is 16.8 Å². The lowest BCUT2D eigenvalue weighted by atomic mass is 10.2. The zero-order valence-electron chi connectivity index (χ0n) is 13.8. The highest BCUT2D eigenvalue weighted by Gasteiger charge is 2.21. The van der Waals surface area contributed by atoms with Crippen molar-refractivity contribution in [2.24, 2.45) is 0 Å². The average Bonchev–Trinajstić information content (AvgIpc) is 3.37. The zero-order valence-corrected chi connectivity index (χ0v) is 15.4. The molecule has 0 amide bonds. The van der Waals surface area contributed by atoms with Gasteiger partial charge in [-0.1, -0.05) is 11.3 Å². The summed E-state index contributed by atoms with van der Waals surface area (Å²) in [5, 5.41) is 13.9. The number of carbonyl (C=O) groups is 1. The van der Waals surface area contributed by atoms with Crippen LogP contribution in [0.4, 0.5) is 0 Å². The summed E-state index contributed by atoms with van der Waals surface area (Å²) in [6.45, 7) is 0. The molecule has 0 aliphatic heterocycles. The summed E-state index contributed by atoms with van der Waals surface area (Å²) in [5.74, 6) is 0.142. The SMILES string of the molecule is COc1cc2ncn(-c3nc(-c4ccsc4)c(C(=O)O)s3)c2cc1OC. The van der Waals surface area contributed by atoms with Crippen LogP contribution in [0.2, 0.25) is 0 Å². The molecule has 0 unspecified atom stereocenters. The number of benzene rings is 1. The highest BCUT2D eigenvalue weighted by molar-refractivity contribution is 7.16. The number of aromatic nitrogens is 3. The molecule has 0 atom stereocenters. The second-order valence-corrected chi connectivity index (χ2v) is 7.06. The molecule has 0 spiro atoms. The van der Waals surface area contributed by atoms with Crippen molar-refractivity contribution in [2.75, 3.05) is 14.2 Å². The molecule has 4 rings (SSSR count). The fraction of sp³-hybridized carbons (Fsp3) is 0.118. The van der Waals surface area contributed by atoms with Gasteiger partial charge in [0.05, 0.1) is 30.9 Å². The number of hydrogen-bond acceptors (Lipinski definition) is 7. The standard InChI is InChI=1S/C17H13N3O4S2/c1-23-12-5-10-11(6-13(12)24-2)20(8-18-10)17-19-14(9-3-4-25-7-9)15(26-17)16(21)22/h3-8H,1-2H3,(H,21,22). The van der Waals surface area contributed by atoms with Crippen molar-refractivity contribution >= 4 is 39.7 Å². The third kappa shape index (κ3) is 2.61. The molecule has 0 fully saturated rings. The van der Waals surface area contributed by atoms with Gasteiger partial charge >= 0.3 is 5.97 Å². The number of aromatic carboxylic acids is 1. The highest BCUT2D eigenvalue weighted by atomic mass is 32.1. The lowest BCUT2D eigenvalue weighted by Crippen LogP contribution is -1.94. The predicted octanol–water partition coefficient (Wildman–Crippen LogP) is 3.93. The Bertz CT molecular complexity index is 1100. The summed E-state index contributed by atoms with van der Waals surface area (Å²) in [7, 11) is 3.12. The van der Waals surface area contributed by atoms with Crippen molar-refractivity contribution < 1.29 is 19.4 Å². The summed E-state index contributed by atoms with van der Waals surface area (Å²) in [4.78, 5) is 20.8. The van der Waals surface area contributed by atoms with Crippen LogP contribution < -0.4 is 9.47 Å². The summed E-state index contributed by atoms with van der Waals surface area (Å²) < 4.78 is 12.4. The Kier molecular flexibility index (Phi) is 4.09. The number of imidazole rings is 1. The minimum Gasteiger partial charge on any atom is -0.493 e. The molecule has 4 aromatic rings. The van der Waals surface area contributed by atoms with E-state index in [-0.39, 0.29) is 4.88 Å². The lowest BCUT2D eigenvalue weighted by Gasteiger charge is -2.07. The molecule has 0 saturated heterocycles. The minimum absolute atomic E-state index is 0.195. The maximum Gasteiger partial charge on any atom is 0.348 e. The summed E-state index contributed by atoms with van der Waals surface area (Å²) >= 11 is 2.60. The van der Waals surface area contributed by atoms with Gasteiger partial charge in [0.15, 0.2) is 16.6 Å². The van der Waals surface area contributed by atoms with E-state index in [1.54, 1.807) is 37.2 Å². The van der Waals surface area contributed by atoms with Crippen LogP contribution in [0.3, 0.4) is 0 Å². The summed E-state index contributed by atoms with van der Waals surface area (Å²) in [5.41, 5.74) is 2.71. The Hall–Kier alpha value is -2.91. The normalized spacial score (nSPS) is 11.0. The van der Waals surface area contributed by atoms with Crippen LogP contribution in [0.5, 0.6) is 11.5 Å². The number of rotatable bonds is 5. The van der Waals surface area contributed by atoms with Crippen LogP contribution in [-0.4, -0.2) is 39.8 Å². The fourth-order valence-corrected chi connectivity index (χ4v) is 4.19. The van der Waals surface area contributed by atoms with Crippen molar-refractivity contribution in [3.8, 4) is 27.9 Å². The third-order valence-corrected chi connectivity index (χ3v) is 5.59. The number of thiazole rings is 1. The molecule has 26 heavy (non-hydrogen) atoms. The van der Waals surface area contributed by atoms with Gasteiger partial charge in [-0.15, -0.1) is 0 Å². The highest BCUT2D eigenvalue weighted by Crippen LogP contribution is 2.35. The van der Waals surface area contributed by atoms with Gasteiger partial charge in [-0.2, -0.15) is 11.3 Å². The Balaban J connectivity index is 1.91. The molecule has 0 bridgehead atoms. The molecule has 1 N–H and O–H groups in total. The Labute approximate surface area is 156 Å². The molecule has 0 radical (unpaired) electrons. The van der Waals surface area contributed by atoms with E-state index in [4.69, 9.17) is 9.47 Å². The van der Waals surface area contributed by atoms with Crippen molar-refractivity contribution in [1.29, 1.82) is 0 Å². The first-order valence-corrected chi connectivity index (χ1v) is 9.24. The monoisotopic (exact) mass is 387 g/mol. The maximum absolute atomic E-state index is 11.7. The van der Waals surface area contributed by atoms with E-state index >= 15 is 0 Å². The Morgan fingerprint density at radius 1 is 1.23 bits per heavy atom. The molecule has 0 aliphatic carbocycles. The minimum atomic E-state index is -1.00. The molecule has 3 heterocycles. The number of carboxylic acid groups (broad SMARTS) is 1. The van der Waals surface area contributed by atoms with Gasteiger partial charge in [-0.25, -0.2) is 14.8 Å².